The molecule has 0 aliphatic rings. The number of hydrogen-bond acceptors (Lipinski definition) is 5. The average molecular weight is 357 g/mol. The van der Waals surface area contributed by atoms with Crippen LogP contribution >= 0.6 is 11.6 Å². The Morgan fingerprint density at radius 2 is 1.91 bits per heavy atom. The van der Waals surface area contributed by atoms with Gasteiger partial charge in [-0.2, -0.15) is 0 Å². The van der Waals surface area contributed by atoms with Crippen LogP contribution in [0.3, 0.4) is 0 Å². The Kier molecular flexibility index (Phi) is 4.76. The van der Waals surface area contributed by atoms with Crippen LogP contribution in [0.5, 0.6) is 5.75 Å². The summed E-state index contributed by atoms with van der Waals surface area (Å²) in [5, 5.41) is 11.2. The van der Waals surface area contributed by atoms with Crippen LogP contribution < -0.4 is 9.46 Å². The number of ether oxygens (including phenoxy) is 1. The van der Waals surface area contributed by atoms with Crippen molar-refractivity contribution in [2.45, 2.75) is 11.8 Å². The number of halogens is 1. The molecule has 2 aromatic rings. The lowest BCUT2D eigenvalue weighted by molar-refractivity contribution is -0.385. The molecule has 0 amide bonds. The van der Waals surface area contributed by atoms with Crippen molar-refractivity contribution in [1.29, 1.82) is 0 Å². The third-order valence-corrected chi connectivity index (χ3v) is 4.73. The second-order valence-electron chi connectivity index (χ2n) is 4.66. The number of aryl methyl sites for hydroxylation is 1. The molecule has 0 bridgehead atoms. The lowest BCUT2D eigenvalue weighted by Gasteiger charge is -2.13. The molecule has 7 nitrogen and oxygen atoms in total. The molecule has 0 unspecified atom stereocenters. The van der Waals surface area contributed by atoms with Crippen molar-refractivity contribution in [1.82, 2.24) is 0 Å². The largest absolute Gasteiger partial charge is 0.495 e. The summed E-state index contributed by atoms with van der Waals surface area (Å²) in [6, 6.07) is 8.07. The van der Waals surface area contributed by atoms with Crippen LogP contribution in [0.2, 0.25) is 5.02 Å². The minimum atomic E-state index is -3.99. The quantitative estimate of drug-likeness (QED) is 0.654. The summed E-state index contributed by atoms with van der Waals surface area (Å²) in [5.74, 6) is -0.119. The number of methoxy groups -OCH3 is 1. The minimum absolute atomic E-state index is 0.119. The maximum atomic E-state index is 12.5. The van der Waals surface area contributed by atoms with Crippen LogP contribution in [0.1, 0.15) is 5.56 Å². The molecule has 2 aromatic carbocycles. The standard InChI is InChI=1S/C14H13ClN2O5S/c1-9-3-4-10(15)7-12(9)16-23(20,21)14-6-5-11(17(18)19)8-13(14)22-2/h3-8,16H,1-2H3. The van der Waals surface area contributed by atoms with Crippen molar-refractivity contribution in [2.75, 3.05) is 11.8 Å². The molecule has 23 heavy (non-hydrogen) atoms. The summed E-state index contributed by atoms with van der Waals surface area (Å²) in [6.07, 6.45) is 0. The zero-order valence-corrected chi connectivity index (χ0v) is 13.8. The van der Waals surface area contributed by atoms with Crippen LogP contribution in [-0.2, 0) is 10.0 Å². The van der Waals surface area contributed by atoms with Crippen molar-refractivity contribution in [3.8, 4) is 5.75 Å². The summed E-state index contributed by atoms with van der Waals surface area (Å²) in [7, 11) is -2.76. The van der Waals surface area contributed by atoms with E-state index in [0.29, 0.717) is 16.3 Å². The maximum absolute atomic E-state index is 12.5. The molecule has 122 valence electrons. The summed E-state index contributed by atoms with van der Waals surface area (Å²) < 4.78 is 32.4. The number of sulfonamides is 1. The summed E-state index contributed by atoms with van der Waals surface area (Å²) in [4.78, 5) is 9.94. The normalized spacial score (nSPS) is 11.1. The molecule has 0 spiro atoms. The Morgan fingerprint density at radius 3 is 2.52 bits per heavy atom. The molecule has 0 atom stereocenters. The first-order valence-electron chi connectivity index (χ1n) is 6.36. The van der Waals surface area contributed by atoms with Crippen molar-refractivity contribution in [3.63, 3.8) is 0 Å². The number of nitrogens with one attached hydrogen (secondary N) is 1. The van der Waals surface area contributed by atoms with E-state index in [-0.39, 0.29) is 16.3 Å². The van der Waals surface area contributed by atoms with Gasteiger partial charge in [0.2, 0.25) is 0 Å². The second kappa shape index (κ2) is 6.43. The Bertz CT molecular complexity index is 867. The predicted octanol–water partition coefficient (Wildman–Crippen LogP) is 3.37. The molecular weight excluding hydrogens is 344 g/mol. The van der Waals surface area contributed by atoms with E-state index in [2.05, 4.69) is 4.72 Å². The zero-order chi connectivity index (χ0) is 17.2. The van der Waals surface area contributed by atoms with Gasteiger partial charge < -0.3 is 4.74 Å². The van der Waals surface area contributed by atoms with E-state index in [4.69, 9.17) is 16.3 Å². The fourth-order valence-electron chi connectivity index (χ4n) is 1.90. The first-order chi connectivity index (χ1) is 10.7. The zero-order valence-electron chi connectivity index (χ0n) is 12.2. The summed E-state index contributed by atoms with van der Waals surface area (Å²) >= 11 is 5.87. The number of anilines is 1. The molecular formula is C14H13ClN2O5S. The number of hydrogen-bond donors (Lipinski definition) is 1. The van der Waals surface area contributed by atoms with E-state index in [1.165, 1.54) is 13.2 Å². The number of nitro benzene ring substituents is 1. The molecule has 0 radical (unpaired) electrons. The van der Waals surface area contributed by atoms with E-state index in [1.54, 1.807) is 19.1 Å². The van der Waals surface area contributed by atoms with Gasteiger partial charge in [0.25, 0.3) is 15.7 Å². The van der Waals surface area contributed by atoms with Gasteiger partial charge in [-0.15, -0.1) is 0 Å². The third-order valence-electron chi connectivity index (χ3n) is 3.09. The number of non-ortho nitro benzene ring substituents is 1. The van der Waals surface area contributed by atoms with Crippen LogP contribution in [0.15, 0.2) is 41.3 Å². The average Bonchev–Trinajstić information content (AvgIpc) is 2.49. The van der Waals surface area contributed by atoms with Crippen LogP contribution in [0.4, 0.5) is 11.4 Å². The molecule has 0 aromatic heterocycles. The highest BCUT2D eigenvalue weighted by molar-refractivity contribution is 7.92. The maximum Gasteiger partial charge on any atom is 0.273 e. The lowest BCUT2D eigenvalue weighted by atomic mass is 10.2. The van der Waals surface area contributed by atoms with Gasteiger partial charge >= 0.3 is 0 Å². The predicted molar refractivity (Wildman–Crippen MR) is 86.6 cm³/mol. The Morgan fingerprint density at radius 1 is 1.22 bits per heavy atom. The van der Waals surface area contributed by atoms with Gasteiger partial charge in [0, 0.05) is 11.1 Å². The molecule has 0 saturated carbocycles. The SMILES string of the molecule is COc1cc([N+](=O)[O-])ccc1S(=O)(=O)Nc1cc(Cl)ccc1C. The Balaban J connectivity index is 2.47. The highest BCUT2D eigenvalue weighted by atomic mass is 35.5. The van der Waals surface area contributed by atoms with Gasteiger partial charge in [-0.25, -0.2) is 8.42 Å². The first kappa shape index (κ1) is 17.0. The number of rotatable bonds is 5. The summed E-state index contributed by atoms with van der Waals surface area (Å²) in [5.41, 5.74) is 0.733. The lowest BCUT2D eigenvalue weighted by Crippen LogP contribution is -2.15. The van der Waals surface area contributed by atoms with E-state index < -0.39 is 14.9 Å². The molecule has 0 fully saturated rings. The minimum Gasteiger partial charge on any atom is -0.495 e. The van der Waals surface area contributed by atoms with Gasteiger partial charge in [0.1, 0.15) is 10.6 Å². The highest BCUT2D eigenvalue weighted by Gasteiger charge is 2.23. The van der Waals surface area contributed by atoms with Gasteiger partial charge in [-0.1, -0.05) is 17.7 Å². The van der Waals surface area contributed by atoms with Crippen molar-refractivity contribution in [2.24, 2.45) is 0 Å². The Labute approximate surface area is 138 Å². The van der Waals surface area contributed by atoms with Crippen LogP contribution in [0, 0.1) is 17.0 Å². The van der Waals surface area contributed by atoms with Gasteiger partial charge in [-0.3, -0.25) is 14.8 Å². The third kappa shape index (κ3) is 3.72. The monoisotopic (exact) mass is 356 g/mol. The molecule has 9 heteroatoms. The smallest absolute Gasteiger partial charge is 0.273 e. The van der Waals surface area contributed by atoms with Gasteiger partial charge in [0.05, 0.1) is 23.8 Å². The van der Waals surface area contributed by atoms with Gasteiger partial charge in [-0.05, 0) is 30.7 Å². The van der Waals surface area contributed by atoms with Crippen molar-refractivity contribution in [3.05, 3.63) is 57.1 Å². The highest BCUT2D eigenvalue weighted by Crippen LogP contribution is 2.31. The first-order valence-corrected chi connectivity index (χ1v) is 8.22. The molecule has 0 heterocycles. The number of benzene rings is 2. The topological polar surface area (TPSA) is 98.5 Å². The molecule has 0 aliphatic carbocycles. The fourth-order valence-corrected chi connectivity index (χ4v) is 3.34. The fraction of sp³-hybridized carbons (Fsp3) is 0.143. The molecule has 2 rings (SSSR count). The van der Waals surface area contributed by atoms with Crippen molar-refractivity contribution < 1.29 is 18.1 Å². The summed E-state index contributed by atoms with van der Waals surface area (Å²) in [6.45, 7) is 1.72. The molecule has 0 aliphatic heterocycles. The molecule has 1 N–H and O–H groups in total. The van der Waals surface area contributed by atoms with E-state index in [9.17, 15) is 18.5 Å². The van der Waals surface area contributed by atoms with E-state index in [1.807, 2.05) is 0 Å². The number of nitro groups is 1. The van der Waals surface area contributed by atoms with E-state index in [0.717, 1.165) is 18.2 Å². The van der Waals surface area contributed by atoms with Gasteiger partial charge in [0.15, 0.2) is 0 Å². The van der Waals surface area contributed by atoms with Crippen LogP contribution in [0.25, 0.3) is 0 Å². The van der Waals surface area contributed by atoms with Crippen molar-refractivity contribution >= 4 is 33.0 Å². The molecule has 0 saturated heterocycles. The Hall–Kier alpha value is -2.32. The van der Waals surface area contributed by atoms with E-state index >= 15 is 0 Å². The van der Waals surface area contributed by atoms with Crippen LogP contribution in [-0.4, -0.2) is 20.5 Å². The second-order valence-corrected chi connectivity index (χ2v) is 6.74. The number of nitrogens with zero attached hydrogens (tertiary/aromatic N) is 1.